The summed E-state index contributed by atoms with van der Waals surface area (Å²) in [6.07, 6.45) is 5.07. The zero-order valence-corrected chi connectivity index (χ0v) is 21.8. The number of nitrogens with zero attached hydrogens (tertiary/aromatic N) is 1. The molecule has 0 bridgehead atoms. The fourth-order valence-corrected chi connectivity index (χ4v) is 6.53. The fourth-order valence-electron chi connectivity index (χ4n) is 5.14. The van der Waals surface area contributed by atoms with Gasteiger partial charge < -0.3 is 18.9 Å². The van der Waals surface area contributed by atoms with Crippen molar-refractivity contribution in [3.8, 4) is 0 Å². The van der Waals surface area contributed by atoms with Crippen LogP contribution in [0.1, 0.15) is 78.7 Å². The molecule has 35 heavy (non-hydrogen) atoms. The first kappa shape index (κ1) is 24.5. The number of aryl methyl sites for hydroxylation is 1. The van der Waals surface area contributed by atoms with E-state index in [1.807, 2.05) is 27.7 Å². The topological polar surface area (TPSA) is 65.1 Å². The van der Waals surface area contributed by atoms with Gasteiger partial charge in [-0.05, 0) is 88.5 Å². The molecule has 1 aromatic carbocycles. The third-order valence-corrected chi connectivity index (χ3v) is 9.07. The Labute approximate surface area is 209 Å². The highest BCUT2D eigenvalue weighted by molar-refractivity contribution is 7.14. The molecule has 3 heterocycles. The van der Waals surface area contributed by atoms with Crippen LogP contribution in [-0.4, -0.2) is 36.7 Å². The summed E-state index contributed by atoms with van der Waals surface area (Å²) in [5.74, 6) is -1.08. The first-order valence-electron chi connectivity index (χ1n) is 12.2. The lowest BCUT2D eigenvalue weighted by atomic mass is 9.75. The highest BCUT2D eigenvalue weighted by atomic mass is 32.1. The molecule has 2 aliphatic heterocycles. The lowest BCUT2D eigenvalue weighted by Crippen LogP contribution is -2.42. The molecule has 0 atom stereocenters. The second kappa shape index (κ2) is 8.71. The van der Waals surface area contributed by atoms with E-state index in [1.165, 1.54) is 29.5 Å². The maximum atomic E-state index is 15.1. The van der Waals surface area contributed by atoms with Gasteiger partial charge in [-0.2, -0.15) is 0 Å². The van der Waals surface area contributed by atoms with Crippen LogP contribution in [0.3, 0.4) is 0 Å². The number of halogens is 1. The van der Waals surface area contributed by atoms with E-state index in [0.717, 1.165) is 42.5 Å². The predicted octanol–water partition coefficient (Wildman–Crippen LogP) is 4.33. The first-order chi connectivity index (χ1) is 16.5. The molecule has 1 fully saturated rings. The van der Waals surface area contributed by atoms with Crippen molar-refractivity contribution in [3.63, 3.8) is 0 Å². The van der Waals surface area contributed by atoms with Gasteiger partial charge >= 0.3 is 13.1 Å². The molecule has 5 rings (SSSR count). The molecule has 9 heteroatoms. The number of carbonyl (C=O) groups is 2. The highest BCUT2D eigenvalue weighted by Crippen LogP contribution is 2.40. The van der Waals surface area contributed by atoms with Crippen LogP contribution < -0.4 is 10.4 Å². The Hall–Kier alpha value is -2.23. The molecule has 1 amide bonds. The van der Waals surface area contributed by atoms with Crippen molar-refractivity contribution in [1.82, 2.24) is 0 Å². The van der Waals surface area contributed by atoms with Crippen molar-refractivity contribution in [3.05, 3.63) is 44.4 Å². The summed E-state index contributed by atoms with van der Waals surface area (Å²) < 4.78 is 32.8. The van der Waals surface area contributed by atoms with Gasteiger partial charge in [-0.3, -0.25) is 9.59 Å². The lowest BCUT2D eigenvalue weighted by molar-refractivity contribution is -0.142. The SMILES string of the molecule is CC(=O)OCc1c(B2OC(C)(C)C(C)(C)O2)cc(F)cc1N1CCc2c(sc3c2CCCC3)C1=O. The molecule has 1 saturated heterocycles. The number of thiophene rings is 1. The van der Waals surface area contributed by atoms with E-state index < -0.39 is 30.1 Å². The molecule has 6 nitrogen and oxygen atoms in total. The third-order valence-electron chi connectivity index (χ3n) is 7.75. The zero-order chi connectivity index (χ0) is 25.1. The number of esters is 1. The van der Waals surface area contributed by atoms with Gasteiger partial charge in [0, 0.05) is 23.9 Å². The molecule has 0 radical (unpaired) electrons. The van der Waals surface area contributed by atoms with Gasteiger partial charge in [0.25, 0.3) is 5.91 Å². The van der Waals surface area contributed by atoms with Crippen LogP contribution in [-0.2, 0) is 44.7 Å². The minimum absolute atomic E-state index is 0.109. The largest absolute Gasteiger partial charge is 0.495 e. The normalized spacial score (nSPS) is 20.6. The standard InChI is InChI=1S/C26H31BFNO5S/c1-15(30)32-14-19-20(27-33-25(2,3)26(4,5)34-27)12-16(28)13-21(19)29-11-10-18-17-8-6-7-9-22(17)35-23(18)24(29)31/h12-13H,6-11,14H2,1-5H3. The molecular weight excluding hydrogens is 468 g/mol. The number of carbonyl (C=O) groups excluding carboxylic acids is 2. The first-order valence-corrected chi connectivity index (χ1v) is 13.1. The Balaban J connectivity index is 1.58. The molecule has 2 aromatic rings. The third kappa shape index (κ3) is 4.21. The number of amides is 1. The van der Waals surface area contributed by atoms with E-state index in [4.69, 9.17) is 14.0 Å². The van der Waals surface area contributed by atoms with Crippen LogP contribution in [0, 0.1) is 5.82 Å². The number of ether oxygens (including phenoxy) is 1. The predicted molar refractivity (Wildman–Crippen MR) is 134 cm³/mol. The maximum absolute atomic E-state index is 15.1. The van der Waals surface area contributed by atoms with Crippen LogP contribution in [0.2, 0.25) is 0 Å². The zero-order valence-electron chi connectivity index (χ0n) is 21.0. The van der Waals surface area contributed by atoms with Gasteiger partial charge in [0.05, 0.1) is 21.8 Å². The summed E-state index contributed by atoms with van der Waals surface area (Å²) in [7, 11) is -0.857. The van der Waals surface area contributed by atoms with Crippen molar-refractivity contribution in [2.45, 2.75) is 84.5 Å². The van der Waals surface area contributed by atoms with Crippen LogP contribution in [0.5, 0.6) is 0 Å². The van der Waals surface area contributed by atoms with Crippen molar-refractivity contribution in [1.29, 1.82) is 0 Å². The van der Waals surface area contributed by atoms with E-state index in [2.05, 4.69) is 0 Å². The number of benzene rings is 1. The quantitative estimate of drug-likeness (QED) is 0.463. The minimum atomic E-state index is -0.857. The number of rotatable bonds is 4. The van der Waals surface area contributed by atoms with E-state index in [1.54, 1.807) is 16.2 Å². The Kier molecular flexibility index (Phi) is 6.09. The fraction of sp³-hybridized carbons (Fsp3) is 0.538. The summed E-state index contributed by atoms with van der Waals surface area (Å²) in [5.41, 5.74) is 2.61. The molecule has 0 unspecified atom stereocenters. The van der Waals surface area contributed by atoms with E-state index >= 15 is 4.39 Å². The van der Waals surface area contributed by atoms with Gasteiger partial charge in [-0.25, -0.2) is 4.39 Å². The number of hydrogen-bond donors (Lipinski definition) is 0. The summed E-state index contributed by atoms with van der Waals surface area (Å²) in [6, 6.07) is 2.71. The molecule has 0 N–H and O–H groups in total. The van der Waals surface area contributed by atoms with Crippen LogP contribution >= 0.6 is 11.3 Å². The average Bonchev–Trinajstić information content (AvgIpc) is 3.26. The Morgan fingerprint density at radius 3 is 2.49 bits per heavy atom. The second-order valence-corrected chi connectivity index (χ2v) is 11.7. The number of hydrogen-bond acceptors (Lipinski definition) is 6. The van der Waals surface area contributed by atoms with E-state index in [-0.39, 0.29) is 12.5 Å². The highest BCUT2D eigenvalue weighted by Gasteiger charge is 2.52. The van der Waals surface area contributed by atoms with Gasteiger partial charge in [0.15, 0.2) is 0 Å². The Morgan fingerprint density at radius 2 is 1.80 bits per heavy atom. The van der Waals surface area contributed by atoms with Crippen LogP contribution in [0.25, 0.3) is 0 Å². The van der Waals surface area contributed by atoms with Gasteiger partial charge in [0.2, 0.25) is 0 Å². The van der Waals surface area contributed by atoms with E-state index in [9.17, 15) is 9.59 Å². The number of anilines is 1. The molecule has 186 valence electrons. The Morgan fingerprint density at radius 1 is 1.11 bits per heavy atom. The summed E-state index contributed by atoms with van der Waals surface area (Å²) in [4.78, 5) is 29.1. The van der Waals surface area contributed by atoms with Crippen LogP contribution in [0.4, 0.5) is 10.1 Å². The summed E-state index contributed by atoms with van der Waals surface area (Å²) >= 11 is 1.58. The molecule has 0 spiro atoms. The van der Waals surface area contributed by atoms with Gasteiger partial charge in [-0.1, -0.05) is 0 Å². The van der Waals surface area contributed by atoms with E-state index in [0.29, 0.717) is 23.3 Å². The number of fused-ring (bicyclic) bond motifs is 3. The van der Waals surface area contributed by atoms with Crippen molar-refractivity contribution in [2.24, 2.45) is 0 Å². The average molecular weight is 499 g/mol. The molecule has 0 saturated carbocycles. The van der Waals surface area contributed by atoms with Crippen molar-refractivity contribution >= 4 is 41.5 Å². The smallest absolute Gasteiger partial charge is 0.461 e. The van der Waals surface area contributed by atoms with Gasteiger partial charge in [0.1, 0.15) is 12.4 Å². The molecule has 1 aromatic heterocycles. The lowest BCUT2D eigenvalue weighted by Gasteiger charge is -2.32. The molecular formula is C26H31BFNO5S. The monoisotopic (exact) mass is 499 g/mol. The second-order valence-electron chi connectivity index (χ2n) is 10.6. The van der Waals surface area contributed by atoms with Gasteiger partial charge in [-0.15, -0.1) is 11.3 Å². The molecule has 3 aliphatic rings. The minimum Gasteiger partial charge on any atom is -0.461 e. The Bertz CT molecular complexity index is 1190. The summed E-state index contributed by atoms with van der Waals surface area (Å²) in [6.45, 7) is 9.35. The molecule has 1 aliphatic carbocycles. The van der Waals surface area contributed by atoms with Crippen LogP contribution in [0.15, 0.2) is 12.1 Å². The van der Waals surface area contributed by atoms with Crippen molar-refractivity contribution in [2.75, 3.05) is 11.4 Å². The maximum Gasteiger partial charge on any atom is 0.495 e. The summed E-state index contributed by atoms with van der Waals surface area (Å²) in [5, 5.41) is 0. The van der Waals surface area contributed by atoms with Crippen molar-refractivity contribution < 1.29 is 28.0 Å².